The third-order valence-electron chi connectivity index (χ3n) is 6.53. The number of aromatic nitrogens is 1. The van der Waals surface area contributed by atoms with Gasteiger partial charge in [-0.25, -0.2) is 0 Å². The molecule has 3 aromatic rings. The van der Waals surface area contributed by atoms with E-state index in [9.17, 15) is 4.79 Å². The number of rotatable bonds is 2. The van der Waals surface area contributed by atoms with Crippen molar-refractivity contribution in [2.45, 2.75) is 38.2 Å². The number of aromatic amines is 1. The summed E-state index contributed by atoms with van der Waals surface area (Å²) in [6.45, 7) is 4.33. The Labute approximate surface area is 165 Å². The Morgan fingerprint density at radius 1 is 1.11 bits per heavy atom. The Morgan fingerprint density at radius 3 is 2.68 bits per heavy atom. The van der Waals surface area contributed by atoms with Crippen molar-refractivity contribution in [3.63, 3.8) is 0 Å². The van der Waals surface area contributed by atoms with E-state index in [0.717, 1.165) is 44.5 Å². The fraction of sp³-hybridized carbons (Fsp3) is 0.375. The fourth-order valence-electron chi connectivity index (χ4n) is 4.86. The number of nitrogens with one attached hydrogen (secondary N) is 1. The summed E-state index contributed by atoms with van der Waals surface area (Å²) in [6.07, 6.45) is 3.15. The molecule has 1 saturated heterocycles. The summed E-state index contributed by atoms with van der Waals surface area (Å²) in [7, 11) is 0. The van der Waals surface area contributed by atoms with Crippen LogP contribution < -0.4 is 0 Å². The highest BCUT2D eigenvalue weighted by Gasteiger charge is 2.43. The van der Waals surface area contributed by atoms with Gasteiger partial charge in [0.1, 0.15) is 5.60 Å². The molecule has 2 aliphatic rings. The maximum absolute atomic E-state index is 12.9. The number of H-pyrrole nitrogens is 1. The van der Waals surface area contributed by atoms with Crippen LogP contribution in [-0.2, 0) is 28.0 Å². The second-order valence-corrected chi connectivity index (χ2v) is 8.10. The molecule has 1 fully saturated rings. The van der Waals surface area contributed by atoms with Gasteiger partial charge in [-0.2, -0.15) is 0 Å². The number of nitrogens with zero attached hydrogens (tertiary/aromatic N) is 1. The number of carbonyl (C=O) groups excluding carboxylic acids is 1. The number of ether oxygens (including phenoxy) is 1. The van der Waals surface area contributed by atoms with Gasteiger partial charge < -0.3 is 14.6 Å². The van der Waals surface area contributed by atoms with Crippen LogP contribution in [0, 0.1) is 6.92 Å². The lowest BCUT2D eigenvalue weighted by Crippen LogP contribution is -2.48. The van der Waals surface area contributed by atoms with Gasteiger partial charge >= 0.3 is 0 Å². The van der Waals surface area contributed by atoms with Crippen molar-refractivity contribution in [3.05, 3.63) is 70.9 Å². The second-order valence-electron chi connectivity index (χ2n) is 8.10. The standard InChI is InChI=1S/C24H26N2O2/c1-17-6-2-3-7-18(17)16-22(27)26-13-11-24(12-14-26)23-20(10-15-28-24)19-8-4-5-9-21(19)25-23/h2-9,25H,10-16H2,1H3. The van der Waals surface area contributed by atoms with Crippen molar-refractivity contribution in [2.75, 3.05) is 19.7 Å². The largest absolute Gasteiger partial charge is 0.368 e. The maximum Gasteiger partial charge on any atom is 0.227 e. The van der Waals surface area contributed by atoms with Crippen LogP contribution in [0.1, 0.15) is 35.2 Å². The van der Waals surface area contributed by atoms with Gasteiger partial charge in [0.25, 0.3) is 0 Å². The molecule has 144 valence electrons. The predicted octanol–water partition coefficient (Wildman–Crippen LogP) is 4.11. The van der Waals surface area contributed by atoms with Crippen LogP contribution in [0.2, 0.25) is 0 Å². The highest BCUT2D eigenvalue weighted by Crippen LogP contribution is 2.43. The second kappa shape index (κ2) is 6.78. The Morgan fingerprint density at radius 2 is 1.86 bits per heavy atom. The van der Waals surface area contributed by atoms with E-state index < -0.39 is 0 Å². The summed E-state index contributed by atoms with van der Waals surface area (Å²) in [5.74, 6) is 0.219. The summed E-state index contributed by atoms with van der Waals surface area (Å²) >= 11 is 0. The zero-order valence-corrected chi connectivity index (χ0v) is 16.3. The molecule has 0 bridgehead atoms. The van der Waals surface area contributed by atoms with Gasteiger partial charge in [-0.05, 0) is 48.9 Å². The number of hydrogen-bond acceptors (Lipinski definition) is 2. The first-order chi connectivity index (χ1) is 13.7. The quantitative estimate of drug-likeness (QED) is 0.734. The van der Waals surface area contributed by atoms with E-state index in [1.807, 2.05) is 17.0 Å². The molecule has 0 saturated carbocycles. The van der Waals surface area contributed by atoms with Crippen molar-refractivity contribution in [2.24, 2.45) is 0 Å². The van der Waals surface area contributed by atoms with Gasteiger partial charge in [-0.1, -0.05) is 42.5 Å². The van der Waals surface area contributed by atoms with Gasteiger partial charge in [-0.15, -0.1) is 0 Å². The first kappa shape index (κ1) is 17.5. The molecule has 2 aliphatic heterocycles. The van der Waals surface area contributed by atoms with Gasteiger partial charge in [0, 0.05) is 24.0 Å². The SMILES string of the molecule is Cc1ccccc1CC(=O)N1CCC2(CC1)OCCc1c2[nH]c2ccccc12. The highest BCUT2D eigenvalue weighted by molar-refractivity contribution is 5.85. The highest BCUT2D eigenvalue weighted by atomic mass is 16.5. The van der Waals surface area contributed by atoms with Crippen LogP contribution in [0.4, 0.5) is 0 Å². The van der Waals surface area contributed by atoms with Gasteiger partial charge in [0.05, 0.1) is 18.7 Å². The van der Waals surface area contributed by atoms with Crippen LogP contribution in [-0.4, -0.2) is 35.5 Å². The molecule has 1 N–H and O–H groups in total. The Balaban J connectivity index is 1.35. The molecular weight excluding hydrogens is 348 g/mol. The number of para-hydroxylation sites is 1. The third-order valence-corrected chi connectivity index (χ3v) is 6.53. The minimum Gasteiger partial charge on any atom is -0.368 e. The van der Waals surface area contributed by atoms with E-state index in [1.54, 1.807) is 0 Å². The van der Waals surface area contributed by atoms with Crippen LogP contribution in [0.5, 0.6) is 0 Å². The van der Waals surface area contributed by atoms with Crippen molar-refractivity contribution in [3.8, 4) is 0 Å². The smallest absolute Gasteiger partial charge is 0.227 e. The van der Waals surface area contributed by atoms with E-state index in [-0.39, 0.29) is 11.5 Å². The van der Waals surface area contributed by atoms with E-state index in [4.69, 9.17) is 4.74 Å². The van der Waals surface area contributed by atoms with Crippen LogP contribution >= 0.6 is 0 Å². The lowest BCUT2D eigenvalue weighted by Gasteiger charge is -2.43. The number of likely N-dealkylation sites (tertiary alicyclic amines) is 1. The zero-order valence-electron chi connectivity index (χ0n) is 16.3. The third kappa shape index (κ3) is 2.83. The predicted molar refractivity (Wildman–Crippen MR) is 110 cm³/mol. The molecule has 1 amide bonds. The van der Waals surface area contributed by atoms with Crippen LogP contribution in [0.25, 0.3) is 10.9 Å². The Kier molecular flexibility index (Phi) is 4.24. The summed E-state index contributed by atoms with van der Waals surface area (Å²) in [5.41, 5.74) is 5.87. The lowest BCUT2D eigenvalue weighted by atomic mass is 9.83. The first-order valence-electron chi connectivity index (χ1n) is 10.2. The maximum atomic E-state index is 12.9. The monoisotopic (exact) mass is 374 g/mol. The normalized spacial score (nSPS) is 18.4. The molecule has 1 spiro atoms. The molecule has 4 heteroatoms. The van der Waals surface area contributed by atoms with Gasteiger partial charge in [0.2, 0.25) is 5.91 Å². The van der Waals surface area contributed by atoms with Gasteiger partial charge in [-0.3, -0.25) is 4.79 Å². The molecule has 1 aromatic heterocycles. The molecular formula is C24H26N2O2. The zero-order chi connectivity index (χ0) is 19.1. The van der Waals surface area contributed by atoms with Crippen LogP contribution in [0.15, 0.2) is 48.5 Å². The molecule has 4 nitrogen and oxygen atoms in total. The molecule has 0 unspecified atom stereocenters. The summed E-state index contributed by atoms with van der Waals surface area (Å²) in [6, 6.07) is 16.7. The summed E-state index contributed by atoms with van der Waals surface area (Å²) in [4.78, 5) is 18.5. The van der Waals surface area contributed by atoms with E-state index >= 15 is 0 Å². The minimum atomic E-state index is -0.272. The number of amides is 1. The molecule has 3 heterocycles. The average Bonchev–Trinajstić information content (AvgIpc) is 3.11. The molecule has 0 aliphatic carbocycles. The number of piperidine rings is 1. The van der Waals surface area contributed by atoms with E-state index in [0.29, 0.717) is 6.42 Å². The summed E-state index contributed by atoms with van der Waals surface area (Å²) in [5, 5.41) is 1.32. The Hall–Kier alpha value is -2.59. The van der Waals surface area contributed by atoms with Crippen molar-refractivity contribution >= 4 is 16.8 Å². The number of benzene rings is 2. The van der Waals surface area contributed by atoms with Gasteiger partial charge in [0.15, 0.2) is 0 Å². The lowest BCUT2D eigenvalue weighted by molar-refractivity contribution is -0.140. The Bertz CT molecular complexity index is 1030. The van der Waals surface area contributed by atoms with Crippen molar-refractivity contribution in [1.29, 1.82) is 0 Å². The fourth-order valence-corrected chi connectivity index (χ4v) is 4.86. The molecule has 28 heavy (non-hydrogen) atoms. The minimum absolute atomic E-state index is 0.219. The first-order valence-corrected chi connectivity index (χ1v) is 10.2. The average molecular weight is 374 g/mol. The molecule has 0 atom stereocenters. The molecule has 2 aromatic carbocycles. The van der Waals surface area contributed by atoms with E-state index in [2.05, 4.69) is 48.3 Å². The van der Waals surface area contributed by atoms with Crippen molar-refractivity contribution in [1.82, 2.24) is 9.88 Å². The van der Waals surface area contributed by atoms with Crippen molar-refractivity contribution < 1.29 is 9.53 Å². The number of hydrogen-bond donors (Lipinski definition) is 1. The topological polar surface area (TPSA) is 45.3 Å². The number of fused-ring (bicyclic) bond motifs is 4. The van der Waals surface area contributed by atoms with E-state index in [1.165, 1.54) is 27.7 Å². The summed E-state index contributed by atoms with van der Waals surface area (Å²) < 4.78 is 6.36. The molecule has 0 radical (unpaired) electrons. The number of carbonyl (C=O) groups is 1. The molecule has 5 rings (SSSR count). The number of aryl methyl sites for hydroxylation is 1. The van der Waals surface area contributed by atoms with Crippen LogP contribution in [0.3, 0.4) is 0 Å².